The average molecular weight is 416 g/mol. The van der Waals surface area contributed by atoms with E-state index in [1.807, 2.05) is 26.8 Å². The minimum atomic E-state index is -1.18. The van der Waals surface area contributed by atoms with Gasteiger partial charge < -0.3 is 14.5 Å². The summed E-state index contributed by atoms with van der Waals surface area (Å²) in [5.74, 6) is -0.791. The third-order valence-electron chi connectivity index (χ3n) is 5.43. The lowest BCUT2D eigenvalue weighted by atomic mass is 9.93. The van der Waals surface area contributed by atoms with Crippen molar-refractivity contribution in [3.8, 4) is 0 Å². The van der Waals surface area contributed by atoms with Crippen LogP contribution in [0.15, 0.2) is 34.7 Å². The number of amides is 1. The molecule has 30 heavy (non-hydrogen) atoms. The van der Waals surface area contributed by atoms with Crippen LogP contribution in [0.3, 0.4) is 0 Å². The maximum atomic E-state index is 13.4. The molecule has 0 aliphatic heterocycles. The van der Waals surface area contributed by atoms with Crippen LogP contribution in [0.5, 0.6) is 0 Å². The Labute approximate surface area is 177 Å². The first kappa shape index (κ1) is 22.1. The van der Waals surface area contributed by atoms with Crippen molar-refractivity contribution in [2.24, 2.45) is 0 Å². The molecule has 5 nitrogen and oxygen atoms in total. The third-order valence-corrected chi connectivity index (χ3v) is 5.43. The largest absolute Gasteiger partial charge is 0.453 e. The molecule has 1 aromatic carbocycles. The van der Waals surface area contributed by atoms with E-state index >= 15 is 0 Å². The number of esters is 1. The van der Waals surface area contributed by atoms with Crippen molar-refractivity contribution < 1.29 is 23.1 Å². The highest BCUT2D eigenvalue weighted by Gasteiger charge is 2.31. The zero-order valence-electron chi connectivity index (χ0n) is 18.1. The molecule has 1 N–H and O–H groups in total. The number of carbonyl (C=O) groups is 2. The Balaban J connectivity index is 1.83. The van der Waals surface area contributed by atoms with Gasteiger partial charge in [-0.2, -0.15) is 0 Å². The summed E-state index contributed by atoms with van der Waals surface area (Å²) in [5.41, 5.74) is 0.798. The minimum Gasteiger partial charge on any atom is -0.453 e. The van der Waals surface area contributed by atoms with Gasteiger partial charge in [0.1, 0.15) is 11.6 Å². The molecule has 1 aliphatic rings. The van der Waals surface area contributed by atoms with Gasteiger partial charge >= 0.3 is 5.97 Å². The second-order valence-electron chi connectivity index (χ2n) is 9.05. The minimum absolute atomic E-state index is 0.0609. The van der Waals surface area contributed by atoms with Crippen molar-refractivity contribution in [2.75, 3.05) is 0 Å². The molecule has 3 rings (SSSR count). The number of benzene rings is 1. The Kier molecular flexibility index (Phi) is 6.64. The zero-order chi connectivity index (χ0) is 21.9. The van der Waals surface area contributed by atoms with E-state index in [9.17, 15) is 14.0 Å². The summed E-state index contributed by atoms with van der Waals surface area (Å²) in [7, 11) is 0. The predicted molar refractivity (Wildman–Crippen MR) is 112 cm³/mol. The van der Waals surface area contributed by atoms with E-state index in [0.29, 0.717) is 16.9 Å². The SMILES string of the molecule is Cc1cc(C(C)(C)C)oc1C(=O)O[C@H](C(=O)NC1CCCCC1)c1ccc(F)cc1. The molecule has 2 aromatic rings. The lowest BCUT2D eigenvalue weighted by Gasteiger charge is -2.25. The Morgan fingerprint density at radius 1 is 1.13 bits per heavy atom. The summed E-state index contributed by atoms with van der Waals surface area (Å²) >= 11 is 0. The second-order valence-corrected chi connectivity index (χ2v) is 9.05. The second kappa shape index (κ2) is 9.02. The summed E-state index contributed by atoms with van der Waals surface area (Å²) in [6.45, 7) is 7.72. The first-order valence-corrected chi connectivity index (χ1v) is 10.5. The molecule has 0 unspecified atom stereocenters. The number of halogens is 1. The smallest absolute Gasteiger partial charge is 0.375 e. The van der Waals surface area contributed by atoms with Crippen LogP contribution in [-0.4, -0.2) is 17.9 Å². The Morgan fingerprint density at radius 2 is 1.77 bits per heavy atom. The van der Waals surface area contributed by atoms with Gasteiger partial charge in [-0.1, -0.05) is 52.2 Å². The molecular weight excluding hydrogens is 385 g/mol. The summed E-state index contributed by atoms with van der Waals surface area (Å²) in [4.78, 5) is 25.9. The normalized spacial score (nSPS) is 16.2. The molecule has 0 radical (unpaired) electrons. The van der Waals surface area contributed by atoms with Crippen LogP contribution in [0.4, 0.5) is 4.39 Å². The summed E-state index contributed by atoms with van der Waals surface area (Å²) in [5, 5.41) is 2.99. The number of rotatable bonds is 5. The maximum Gasteiger partial charge on any atom is 0.375 e. The van der Waals surface area contributed by atoms with Crippen LogP contribution < -0.4 is 5.32 Å². The highest BCUT2D eigenvalue weighted by atomic mass is 19.1. The highest BCUT2D eigenvalue weighted by molar-refractivity contribution is 5.92. The van der Waals surface area contributed by atoms with Crippen LogP contribution in [0.1, 0.15) is 86.4 Å². The van der Waals surface area contributed by atoms with Gasteiger partial charge in [0.15, 0.2) is 0 Å². The van der Waals surface area contributed by atoms with Gasteiger partial charge in [-0.3, -0.25) is 4.79 Å². The highest BCUT2D eigenvalue weighted by Crippen LogP contribution is 2.29. The van der Waals surface area contributed by atoms with Gasteiger partial charge in [0, 0.05) is 22.6 Å². The van der Waals surface area contributed by atoms with Gasteiger partial charge in [0.05, 0.1) is 0 Å². The number of hydrogen-bond donors (Lipinski definition) is 1. The molecule has 0 saturated heterocycles. The zero-order valence-corrected chi connectivity index (χ0v) is 18.1. The summed E-state index contributed by atoms with van der Waals surface area (Å²) in [6, 6.07) is 7.30. The van der Waals surface area contributed by atoms with Crippen molar-refractivity contribution in [2.45, 2.75) is 77.4 Å². The molecule has 1 heterocycles. The Bertz CT molecular complexity index is 889. The van der Waals surface area contributed by atoms with Crippen LogP contribution >= 0.6 is 0 Å². The van der Waals surface area contributed by atoms with E-state index in [2.05, 4.69) is 5.32 Å². The fraction of sp³-hybridized carbons (Fsp3) is 0.500. The van der Waals surface area contributed by atoms with E-state index in [1.54, 1.807) is 6.92 Å². The fourth-order valence-electron chi connectivity index (χ4n) is 3.65. The van der Waals surface area contributed by atoms with Crippen molar-refractivity contribution in [3.05, 3.63) is 58.8 Å². The average Bonchev–Trinajstić information content (AvgIpc) is 3.10. The first-order chi connectivity index (χ1) is 14.1. The van der Waals surface area contributed by atoms with Gasteiger partial charge in [-0.15, -0.1) is 0 Å². The number of ether oxygens (including phenoxy) is 1. The molecule has 0 spiro atoms. The summed E-state index contributed by atoms with van der Waals surface area (Å²) in [6.07, 6.45) is 3.92. The predicted octanol–water partition coefficient (Wildman–Crippen LogP) is 5.37. The molecule has 1 aliphatic carbocycles. The number of carbonyl (C=O) groups excluding carboxylic acids is 2. The molecule has 6 heteroatoms. The van der Waals surface area contributed by atoms with Crippen molar-refractivity contribution >= 4 is 11.9 Å². The molecule has 1 saturated carbocycles. The fourth-order valence-corrected chi connectivity index (χ4v) is 3.65. The van der Waals surface area contributed by atoms with E-state index in [4.69, 9.17) is 9.15 Å². The van der Waals surface area contributed by atoms with Gasteiger partial charge in [-0.05, 0) is 38.0 Å². The Morgan fingerprint density at radius 3 is 2.33 bits per heavy atom. The van der Waals surface area contributed by atoms with Crippen LogP contribution in [0, 0.1) is 12.7 Å². The van der Waals surface area contributed by atoms with Crippen molar-refractivity contribution in [1.29, 1.82) is 0 Å². The number of furan rings is 1. The molecule has 1 aromatic heterocycles. The van der Waals surface area contributed by atoms with E-state index < -0.39 is 23.8 Å². The number of nitrogens with one attached hydrogen (secondary N) is 1. The number of hydrogen-bond acceptors (Lipinski definition) is 4. The molecule has 162 valence electrons. The lowest BCUT2D eigenvalue weighted by molar-refractivity contribution is -0.131. The lowest BCUT2D eigenvalue weighted by Crippen LogP contribution is -2.40. The molecular formula is C24H30FNO4. The quantitative estimate of drug-likeness (QED) is 0.667. The summed E-state index contributed by atoms with van der Waals surface area (Å²) < 4.78 is 24.8. The standard InChI is InChI=1S/C24H30FNO4/c1-15-14-19(24(2,3)4)29-20(15)23(28)30-21(16-10-12-17(25)13-11-16)22(27)26-18-8-6-5-7-9-18/h10-14,18,21H,5-9H2,1-4H3,(H,26,27)/t21-/m0/s1. The molecule has 1 amide bonds. The number of aryl methyl sites for hydroxylation is 1. The van der Waals surface area contributed by atoms with E-state index in [1.165, 1.54) is 24.3 Å². The van der Waals surface area contributed by atoms with Crippen molar-refractivity contribution in [3.63, 3.8) is 0 Å². The topological polar surface area (TPSA) is 68.5 Å². The van der Waals surface area contributed by atoms with Crippen LogP contribution in [0.25, 0.3) is 0 Å². The maximum absolute atomic E-state index is 13.4. The van der Waals surface area contributed by atoms with E-state index in [-0.39, 0.29) is 17.2 Å². The van der Waals surface area contributed by atoms with Crippen LogP contribution in [-0.2, 0) is 14.9 Å². The Hall–Kier alpha value is -2.63. The van der Waals surface area contributed by atoms with Gasteiger partial charge in [0.25, 0.3) is 5.91 Å². The molecule has 1 fully saturated rings. The van der Waals surface area contributed by atoms with Crippen molar-refractivity contribution in [1.82, 2.24) is 5.32 Å². The van der Waals surface area contributed by atoms with Crippen LogP contribution in [0.2, 0.25) is 0 Å². The molecule has 0 bridgehead atoms. The molecule has 1 atom stereocenters. The van der Waals surface area contributed by atoms with Gasteiger partial charge in [-0.25, -0.2) is 9.18 Å². The first-order valence-electron chi connectivity index (χ1n) is 10.5. The third kappa shape index (κ3) is 5.29. The van der Waals surface area contributed by atoms with E-state index in [0.717, 1.165) is 32.1 Å². The monoisotopic (exact) mass is 415 g/mol. The van der Waals surface area contributed by atoms with Gasteiger partial charge in [0.2, 0.25) is 11.9 Å².